The molecular weight excluding hydrogens is 1280 g/mol. The summed E-state index contributed by atoms with van der Waals surface area (Å²) in [6, 6.07) is 21.1. The first kappa shape index (κ1) is 72.0. The normalized spacial score (nSPS) is 19.6. The van der Waals surface area contributed by atoms with E-state index in [2.05, 4.69) is 133 Å². The number of aromatic nitrogens is 10. The molecular formula is C73H82ClF2N17O6. The van der Waals surface area contributed by atoms with Crippen LogP contribution in [0, 0.1) is 93.7 Å². The molecule has 4 bridgehead atoms. The van der Waals surface area contributed by atoms with Crippen LogP contribution in [0.2, 0.25) is 0 Å². The molecule has 6 aliphatic rings. The largest absolute Gasteiger partial charge is 0.448 e. The van der Waals surface area contributed by atoms with Gasteiger partial charge in [0.1, 0.15) is 48.2 Å². The van der Waals surface area contributed by atoms with Crippen molar-refractivity contribution in [2.45, 2.75) is 175 Å². The molecule has 0 unspecified atom stereocenters. The van der Waals surface area contributed by atoms with Crippen molar-refractivity contribution in [3.63, 3.8) is 0 Å². The van der Waals surface area contributed by atoms with Gasteiger partial charge in [0, 0.05) is 90.1 Å². The first-order valence-corrected chi connectivity index (χ1v) is 33.3. The monoisotopic (exact) mass is 1370 g/mol. The third-order valence-corrected chi connectivity index (χ3v) is 19.9. The molecule has 6 aromatic heterocycles. The van der Waals surface area contributed by atoms with Crippen LogP contribution < -0.4 is 15.5 Å². The average molecular weight is 1370 g/mol. The van der Waals surface area contributed by atoms with E-state index in [0.29, 0.717) is 80.5 Å². The molecule has 14 rings (SSSR count). The number of halogens is 3. The predicted octanol–water partition coefficient (Wildman–Crippen LogP) is 14.1. The lowest BCUT2D eigenvalue weighted by Crippen LogP contribution is -2.59. The molecule has 6 atom stereocenters. The van der Waals surface area contributed by atoms with Gasteiger partial charge in [-0.3, -0.25) is 14.9 Å². The number of rotatable bonds is 20. The van der Waals surface area contributed by atoms with Gasteiger partial charge in [0.15, 0.2) is 0 Å². The van der Waals surface area contributed by atoms with E-state index in [-0.39, 0.29) is 69.4 Å². The Morgan fingerprint density at radius 2 is 1.09 bits per heavy atom. The number of benzene rings is 2. The van der Waals surface area contributed by atoms with Gasteiger partial charge in [0.2, 0.25) is 11.9 Å². The van der Waals surface area contributed by atoms with Crippen molar-refractivity contribution in [1.82, 2.24) is 49.9 Å². The Labute approximate surface area is 579 Å². The number of nitrogens with zero attached hydrogens (tertiary/aromatic N) is 15. The van der Waals surface area contributed by atoms with Crippen molar-refractivity contribution < 1.29 is 37.3 Å². The van der Waals surface area contributed by atoms with Crippen molar-refractivity contribution in [1.29, 1.82) is 21.0 Å². The molecule has 2 N–H and O–H groups in total. The molecule has 516 valence electrons. The van der Waals surface area contributed by atoms with Crippen LogP contribution in [0.1, 0.15) is 181 Å². The van der Waals surface area contributed by atoms with Crippen LogP contribution in [0.15, 0.2) is 73.3 Å². The van der Waals surface area contributed by atoms with Gasteiger partial charge in [-0.2, -0.15) is 29.8 Å². The molecule has 0 spiro atoms. The Balaban J connectivity index is 0.000000193. The first-order chi connectivity index (χ1) is 46.9. The van der Waals surface area contributed by atoms with E-state index in [1.54, 1.807) is 52.0 Å². The van der Waals surface area contributed by atoms with Crippen LogP contribution in [-0.2, 0) is 36.4 Å². The van der Waals surface area contributed by atoms with E-state index in [1.807, 2.05) is 40.8 Å². The molecule has 6 fully saturated rings. The molecule has 26 heteroatoms. The Morgan fingerprint density at radius 3 is 1.53 bits per heavy atom. The lowest BCUT2D eigenvalue weighted by atomic mass is 9.50. The van der Waals surface area contributed by atoms with Gasteiger partial charge in [-0.25, -0.2) is 28.9 Å². The zero-order valence-electron chi connectivity index (χ0n) is 58.2. The van der Waals surface area contributed by atoms with Crippen LogP contribution in [0.4, 0.5) is 35.4 Å². The molecule has 0 saturated heterocycles. The number of carbonyl (C=O) groups excluding carboxylic acids is 2. The van der Waals surface area contributed by atoms with E-state index in [9.17, 15) is 39.4 Å². The topological polar surface area (TPSA) is 306 Å². The second kappa shape index (κ2) is 29.0. The second-order valence-electron chi connectivity index (χ2n) is 28.9. The summed E-state index contributed by atoms with van der Waals surface area (Å²) in [6.07, 6.45) is 12.1. The quantitative estimate of drug-likeness (QED) is 0.0529. The summed E-state index contributed by atoms with van der Waals surface area (Å²) in [5, 5.41) is 67.0. The van der Waals surface area contributed by atoms with Gasteiger partial charge in [-0.1, -0.05) is 64.1 Å². The van der Waals surface area contributed by atoms with E-state index >= 15 is 0 Å². The fourth-order valence-electron chi connectivity index (χ4n) is 13.2. The summed E-state index contributed by atoms with van der Waals surface area (Å²) in [4.78, 5) is 43.0. The smallest absolute Gasteiger partial charge is 0.415 e. The minimum atomic E-state index is -0.988. The van der Waals surface area contributed by atoms with E-state index in [0.717, 1.165) is 66.6 Å². The SMILES string of the molecule is COC[C@@H](C)OC(=O)Cl.COC[C@@H](C)OC(=O)N(c1cc(C#N)c2ncc(C#N)c(N[C@H](C)C(C)(C)C)c2c1)[C@H](c1cn(C23CC(C2)C3)nn1)c1ccc(F)nc1C.Cc1nc(F)ccc1[C@H](Cc1cc(C#N)c2ncc(C#N)c(N[C@H](C)C(C)(C)C)c2c1)c1cn(C23CC(C2)C3)nn1. The van der Waals surface area contributed by atoms with Gasteiger partial charge in [-0.05, 0) is 157 Å². The minimum Gasteiger partial charge on any atom is -0.448 e. The van der Waals surface area contributed by atoms with Crippen molar-refractivity contribution in [3.8, 4) is 24.3 Å². The molecule has 99 heavy (non-hydrogen) atoms. The molecule has 1 amide bonds. The number of hydrogen-bond acceptors (Lipinski definition) is 20. The Hall–Kier alpha value is -9.79. The van der Waals surface area contributed by atoms with Crippen molar-refractivity contribution in [2.24, 2.45) is 22.7 Å². The number of nitriles is 4. The van der Waals surface area contributed by atoms with E-state index in [1.165, 1.54) is 43.6 Å². The van der Waals surface area contributed by atoms with Gasteiger partial charge >= 0.3 is 11.5 Å². The standard InChI is InChI=1S/C36H40FN9O3.C32H33FN8.C5H9ClO3/c1-20(19-48-7)49-34(47)46(26-10-24(15-38)31-28(11-26)32(25(16-39)17-40-31)42-22(3)35(4,5)6)33(27-8-9-30(37)41-21(27)2)29-18-45(44-43-29)36-12-23(13-36)14-36;1-18-24(6-7-28(33)37-18)25(27-17-41(40-39-27)32-11-21(12-32)13-32)9-20-8-22(14-34)29-26(10-20)30(23(15-35)16-36-29)38-19(2)31(3,4)5;1-4(3-8-2)9-5(6)7/h8-11,17-18,20,22-23,33H,12-14,19H2,1-7H3,(H,40,42);6-8,10,16-17,19,21,25H,9,11-13H2,1-5H3,(H,36,38);4H,3H2,1-2H3/t20-,22-,23?,33+,36?;19-,21?,25+,32?;4-/m111/s1. The van der Waals surface area contributed by atoms with Crippen LogP contribution in [-0.4, -0.2) is 113 Å². The summed E-state index contributed by atoms with van der Waals surface area (Å²) in [6.45, 7) is 24.1. The Morgan fingerprint density at radius 1 is 0.646 bits per heavy atom. The Kier molecular flexibility index (Phi) is 21.1. The number of ether oxygens (including phenoxy) is 4. The van der Waals surface area contributed by atoms with Gasteiger partial charge in [0.05, 0.1) is 86.5 Å². The summed E-state index contributed by atoms with van der Waals surface area (Å²) < 4.78 is 52.7. The summed E-state index contributed by atoms with van der Waals surface area (Å²) in [5.41, 5.74) is 6.97. The fourth-order valence-corrected chi connectivity index (χ4v) is 13.4. The van der Waals surface area contributed by atoms with Gasteiger partial charge < -0.3 is 29.6 Å². The number of nitrogens with one attached hydrogen (secondary N) is 2. The van der Waals surface area contributed by atoms with E-state index < -0.39 is 35.6 Å². The maximum Gasteiger partial charge on any atom is 0.415 e. The number of aryl methyl sites for hydroxylation is 2. The summed E-state index contributed by atoms with van der Waals surface area (Å²) in [7, 11) is 3.04. The predicted molar refractivity (Wildman–Crippen MR) is 367 cm³/mol. The maximum absolute atomic E-state index is 14.5. The molecule has 6 aliphatic carbocycles. The zero-order valence-corrected chi connectivity index (χ0v) is 59.0. The number of fused-ring (bicyclic) bond motifs is 2. The van der Waals surface area contributed by atoms with Crippen molar-refractivity contribution in [3.05, 3.63) is 147 Å². The third-order valence-electron chi connectivity index (χ3n) is 19.9. The molecule has 0 aliphatic heterocycles. The average Bonchev–Trinajstić information content (AvgIpc) is 1.71. The van der Waals surface area contributed by atoms with Gasteiger partial charge in [-0.15, -0.1) is 10.2 Å². The lowest BCUT2D eigenvalue weighted by molar-refractivity contribution is -0.0990. The number of pyridine rings is 4. The molecule has 6 saturated carbocycles. The molecule has 6 heterocycles. The molecule has 0 radical (unpaired) electrons. The number of methoxy groups -OCH3 is 2. The highest BCUT2D eigenvalue weighted by molar-refractivity contribution is 6.61. The molecule has 8 aromatic rings. The number of amides is 1. The molecule has 23 nitrogen and oxygen atoms in total. The second-order valence-corrected chi connectivity index (χ2v) is 29.2. The van der Waals surface area contributed by atoms with Crippen LogP contribution >= 0.6 is 11.6 Å². The van der Waals surface area contributed by atoms with Crippen LogP contribution in [0.25, 0.3) is 21.8 Å². The third kappa shape index (κ3) is 15.1. The number of hydrogen-bond donors (Lipinski definition) is 2. The lowest BCUT2D eigenvalue weighted by Gasteiger charge is -2.61. The van der Waals surface area contributed by atoms with Crippen LogP contribution in [0.3, 0.4) is 0 Å². The number of carbonyl (C=O) groups is 2. The Bertz CT molecular complexity index is 4520. The minimum absolute atomic E-state index is 0.0436. The van der Waals surface area contributed by atoms with E-state index in [4.69, 9.17) is 21.1 Å². The summed E-state index contributed by atoms with van der Waals surface area (Å²) in [5.74, 6) is 0.0405. The zero-order chi connectivity index (χ0) is 71.6. The molecule has 2 aromatic carbocycles. The maximum atomic E-state index is 14.5. The number of anilines is 3. The summed E-state index contributed by atoms with van der Waals surface area (Å²) >= 11 is 4.89. The fraction of sp³-hybridized carbons (Fsp3) is 0.479. The van der Waals surface area contributed by atoms with Crippen LogP contribution in [0.5, 0.6) is 0 Å². The highest BCUT2D eigenvalue weighted by Crippen LogP contribution is 2.63. The first-order valence-electron chi connectivity index (χ1n) is 33.0. The highest BCUT2D eigenvalue weighted by Gasteiger charge is 2.60. The van der Waals surface area contributed by atoms with Crippen molar-refractivity contribution >= 4 is 62.0 Å². The highest BCUT2D eigenvalue weighted by atomic mass is 35.5. The van der Waals surface area contributed by atoms with Crippen molar-refractivity contribution in [2.75, 3.05) is 43.0 Å². The van der Waals surface area contributed by atoms with Gasteiger partial charge in [0.25, 0.3) is 0 Å².